The number of aliphatic hydroxyl groups is 2. The Labute approximate surface area is 250 Å². The Balaban J connectivity index is 2.19. The number of rotatable bonds is 5. The van der Waals surface area contributed by atoms with Gasteiger partial charge in [0.1, 0.15) is 29.5 Å². The summed E-state index contributed by atoms with van der Waals surface area (Å²) >= 11 is 0. The fraction of sp³-hybridized carbons (Fsp3) is 0.767. The SMILES string of the molecule is CC(=O)OC1CC2(O)C(OC(C)=O)C3C4(CO4)C(O)CC(OC(C)=O)C3(C)C(OC(C)=O)C(OC(C)=O)C(=C1C)C2(C)C. The average molecular weight is 611 g/mol. The lowest BCUT2D eigenvalue weighted by atomic mass is 9.45. The van der Waals surface area contributed by atoms with Crippen molar-refractivity contribution in [3.63, 3.8) is 0 Å². The van der Waals surface area contributed by atoms with Gasteiger partial charge in [-0.1, -0.05) is 20.8 Å². The molecule has 13 heteroatoms. The predicted octanol–water partition coefficient (Wildman–Crippen LogP) is 1.29. The fourth-order valence-electron chi connectivity index (χ4n) is 8.10. The van der Waals surface area contributed by atoms with E-state index in [1.807, 2.05) is 0 Å². The first kappa shape index (κ1) is 32.9. The van der Waals surface area contributed by atoms with Gasteiger partial charge in [-0.25, -0.2) is 0 Å². The summed E-state index contributed by atoms with van der Waals surface area (Å²) in [6.07, 6.45) is -8.19. The minimum Gasteiger partial charge on any atom is -0.462 e. The van der Waals surface area contributed by atoms with Crippen molar-refractivity contribution >= 4 is 29.8 Å². The summed E-state index contributed by atoms with van der Waals surface area (Å²) in [4.78, 5) is 63.0. The Morgan fingerprint density at radius 1 is 0.791 bits per heavy atom. The summed E-state index contributed by atoms with van der Waals surface area (Å²) in [5, 5.41) is 24.4. The molecular weight excluding hydrogens is 568 g/mol. The van der Waals surface area contributed by atoms with Crippen LogP contribution in [-0.4, -0.2) is 94.5 Å². The largest absolute Gasteiger partial charge is 0.462 e. The van der Waals surface area contributed by atoms with Crippen LogP contribution in [0, 0.1) is 16.7 Å². The van der Waals surface area contributed by atoms with E-state index < -0.39 is 94.4 Å². The third kappa shape index (κ3) is 5.12. The van der Waals surface area contributed by atoms with E-state index >= 15 is 0 Å². The number of hydrogen-bond donors (Lipinski definition) is 2. The maximum Gasteiger partial charge on any atom is 0.303 e. The number of carbonyl (C=O) groups is 5. The van der Waals surface area contributed by atoms with E-state index in [-0.39, 0.29) is 25.0 Å². The number of carbonyl (C=O) groups excluding carboxylic acids is 5. The van der Waals surface area contributed by atoms with E-state index in [0.717, 1.165) is 6.92 Å². The summed E-state index contributed by atoms with van der Waals surface area (Å²) in [6, 6.07) is 0. The highest BCUT2D eigenvalue weighted by Crippen LogP contribution is 2.66. The van der Waals surface area contributed by atoms with Gasteiger partial charge in [0, 0.05) is 58.8 Å². The first-order valence-corrected chi connectivity index (χ1v) is 14.4. The van der Waals surface area contributed by atoms with E-state index in [0.29, 0.717) is 5.57 Å². The second-order valence-electron chi connectivity index (χ2n) is 13.0. The number of aliphatic hydroxyl groups excluding tert-OH is 1. The Bertz CT molecular complexity index is 1250. The minimum atomic E-state index is -2.05. The Morgan fingerprint density at radius 2 is 1.28 bits per heavy atom. The lowest BCUT2D eigenvalue weighted by Gasteiger charge is -2.64. The standard InChI is InChI=1S/C30H42O13/c1-13-19(39-14(2)31)11-30(37)26(43-18(6)35)24-28(9,21(40-15(3)32)10-20(36)29(24)12-38-29)25(42-17(5)34)23(41-16(4)33)22(13)27(30,7)8/h19-21,23-26,36-37H,10-12H2,1-9H3. The lowest BCUT2D eigenvalue weighted by Crippen LogP contribution is -2.76. The molecule has 0 aromatic carbocycles. The zero-order valence-corrected chi connectivity index (χ0v) is 26.0. The molecule has 3 aliphatic carbocycles. The number of esters is 5. The quantitative estimate of drug-likeness (QED) is 0.197. The Kier molecular flexibility index (Phi) is 8.29. The van der Waals surface area contributed by atoms with Crippen LogP contribution in [0.1, 0.15) is 75.2 Å². The molecule has 4 aliphatic rings. The van der Waals surface area contributed by atoms with Crippen molar-refractivity contribution in [2.75, 3.05) is 6.61 Å². The maximum atomic E-state index is 12.9. The molecule has 1 aliphatic heterocycles. The fourth-order valence-corrected chi connectivity index (χ4v) is 8.10. The zero-order valence-electron chi connectivity index (χ0n) is 26.0. The second-order valence-corrected chi connectivity index (χ2v) is 13.0. The van der Waals surface area contributed by atoms with Gasteiger partial charge >= 0.3 is 29.8 Å². The predicted molar refractivity (Wildman–Crippen MR) is 145 cm³/mol. The second kappa shape index (κ2) is 10.8. The van der Waals surface area contributed by atoms with Crippen molar-refractivity contribution in [2.24, 2.45) is 16.7 Å². The smallest absolute Gasteiger partial charge is 0.303 e. The van der Waals surface area contributed by atoms with Gasteiger partial charge in [-0.3, -0.25) is 24.0 Å². The van der Waals surface area contributed by atoms with Crippen molar-refractivity contribution in [1.82, 2.24) is 0 Å². The molecule has 1 spiro atoms. The number of fused-ring (bicyclic) bond motifs is 4. The molecule has 2 N–H and O–H groups in total. The number of hydrogen-bond acceptors (Lipinski definition) is 13. The van der Waals surface area contributed by atoms with Crippen molar-refractivity contribution < 1.29 is 62.6 Å². The van der Waals surface area contributed by atoms with E-state index in [1.54, 1.807) is 27.7 Å². The highest BCUT2D eigenvalue weighted by atomic mass is 16.6. The molecule has 1 saturated heterocycles. The average Bonchev–Trinajstić information content (AvgIpc) is 3.63. The first-order chi connectivity index (χ1) is 19.7. The van der Waals surface area contributed by atoms with Crippen molar-refractivity contribution in [2.45, 2.75) is 123 Å². The van der Waals surface area contributed by atoms with Gasteiger partial charge in [-0.15, -0.1) is 0 Å². The van der Waals surface area contributed by atoms with Gasteiger partial charge in [0.05, 0.1) is 18.1 Å². The lowest BCUT2D eigenvalue weighted by molar-refractivity contribution is -0.283. The third-order valence-electron chi connectivity index (χ3n) is 9.97. The molecule has 0 amide bonds. The molecule has 2 saturated carbocycles. The van der Waals surface area contributed by atoms with E-state index in [2.05, 4.69) is 0 Å². The van der Waals surface area contributed by atoms with Crippen LogP contribution in [0.4, 0.5) is 0 Å². The van der Waals surface area contributed by atoms with E-state index in [9.17, 15) is 34.2 Å². The van der Waals surface area contributed by atoms with Crippen molar-refractivity contribution in [1.29, 1.82) is 0 Å². The molecule has 0 aromatic rings. The summed E-state index contributed by atoms with van der Waals surface area (Å²) in [6.45, 7) is 12.5. The molecule has 2 bridgehead atoms. The van der Waals surface area contributed by atoms with Gasteiger partial charge in [0.15, 0.2) is 12.2 Å². The molecule has 13 nitrogen and oxygen atoms in total. The van der Waals surface area contributed by atoms with Crippen LogP contribution in [0.15, 0.2) is 11.1 Å². The summed E-state index contributed by atoms with van der Waals surface area (Å²) in [5.41, 5.74) is -5.73. The molecular formula is C30H42O13. The molecule has 0 aromatic heterocycles. The van der Waals surface area contributed by atoms with Gasteiger partial charge in [-0.05, 0) is 18.1 Å². The van der Waals surface area contributed by atoms with E-state index in [1.165, 1.54) is 27.7 Å². The van der Waals surface area contributed by atoms with Crippen LogP contribution >= 0.6 is 0 Å². The number of epoxide rings is 1. The van der Waals surface area contributed by atoms with Crippen molar-refractivity contribution in [3.05, 3.63) is 11.1 Å². The van der Waals surface area contributed by atoms with Crippen LogP contribution in [-0.2, 0) is 52.4 Å². The topological polar surface area (TPSA) is 184 Å². The van der Waals surface area contributed by atoms with Crippen LogP contribution in [0.2, 0.25) is 0 Å². The van der Waals surface area contributed by atoms with Crippen LogP contribution in [0.3, 0.4) is 0 Å². The Hall–Kier alpha value is -3.03. The molecule has 10 unspecified atom stereocenters. The third-order valence-corrected chi connectivity index (χ3v) is 9.97. The molecule has 4 rings (SSSR count). The monoisotopic (exact) mass is 610 g/mol. The van der Waals surface area contributed by atoms with Crippen LogP contribution in [0.5, 0.6) is 0 Å². The van der Waals surface area contributed by atoms with Crippen molar-refractivity contribution in [3.8, 4) is 0 Å². The molecule has 3 fully saturated rings. The summed E-state index contributed by atoms with van der Waals surface area (Å²) in [7, 11) is 0. The maximum absolute atomic E-state index is 12.9. The summed E-state index contributed by atoms with van der Waals surface area (Å²) < 4.78 is 35.3. The Morgan fingerprint density at radius 3 is 1.74 bits per heavy atom. The molecule has 1 heterocycles. The van der Waals surface area contributed by atoms with Gasteiger partial charge in [0.25, 0.3) is 0 Å². The van der Waals surface area contributed by atoms with Gasteiger partial charge < -0.3 is 38.6 Å². The number of ether oxygens (including phenoxy) is 6. The molecule has 43 heavy (non-hydrogen) atoms. The molecule has 10 atom stereocenters. The van der Waals surface area contributed by atoms with Crippen LogP contribution in [0.25, 0.3) is 0 Å². The van der Waals surface area contributed by atoms with E-state index in [4.69, 9.17) is 28.4 Å². The highest BCUT2D eigenvalue weighted by molar-refractivity contribution is 5.70. The zero-order chi connectivity index (χ0) is 32.4. The normalized spacial score (nSPS) is 41.1. The minimum absolute atomic E-state index is 0.0182. The highest BCUT2D eigenvalue weighted by Gasteiger charge is 2.79. The molecule has 0 radical (unpaired) electrons. The van der Waals surface area contributed by atoms with Crippen LogP contribution < -0.4 is 0 Å². The van der Waals surface area contributed by atoms with Gasteiger partial charge in [0.2, 0.25) is 0 Å². The summed E-state index contributed by atoms with van der Waals surface area (Å²) in [5.74, 6) is -4.82. The van der Waals surface area contributed by atoms with Gasteiger partial charge in [-0.2, -0.15) is 0 Å². The molecule has 240 valence electrons. The first-order valence-electron chi connectivity index (χ1n) is 14.4.